The van der Waals surface area contributed by atoms with Gasteiger partial charge in [-0.05, 0) is 58.6 Å². The van der Waals surface area contributed by atoms with Gasteiger partial charge in [-0.2, -0.15) is 0 Å². The van der Waals surface area contributed by atoms with E-state index in [-0.39, 0.29) is 11.5 Å². The van der Waals surface area contributed by atoms with Crippen LogP contribution >= 0.6 is 23.3 Å². The summed E-state index contributed by atoms with van der Waals surface area (Å²) in [5.41, 5.74) is 1.58. The Morgan fingerprint density at radius 1 is 1.10 bits per heavy atom. The number of aromatic nitrogens is 1. The summed E-state index contributed by atoms with van der Waals surface area (Å²) in [6.45, 7) is 0.579. The van der Waals surface area contributed by atoms with Gasteiger partial charge >= 0.3 is 0 Å². The number of amides is 1. The van der Waals surface area contributed by atoms with Crippen molar-refractivity contribution in [2.24, 2.45) is 0 Å². The number of hydrogen-bond donors (Lipinski definition) is 2. The molecule has 1 amide bonds. The largest absolute Gasteiger partial charge is 0.339 e. The van der Waals surface area contributed by atoms with Crippen LogP contribution < -0.4 is 10.3 Å². The van der Waals surface area contributed by atoms with Crippen molar-refractivity contribution >= 4 is 40.1 Å². The molecule has 7 heteroatoms. The number of H-pyrrole nitrogens is 1. The number of rotatable bonds is 7. The third kappa shape index (κ3) is 4.81. The molecule has 30 heavy (non-hydrogen) atoms. The zero-order chi connectivity index (χ0) is 20.9. The minimum absolute atomic E-state index is 0.00668. The van der Waals surface area contributed by atoms with E-state index in [4.69, 9.17) is 0 Å². The Morgan fingerprint density at radius 3 is 2.70 bits per heavy atom. The molecule has 0 radical (unpaired) electrons. The van der Waals surface area contributed by atoms with E-state index in [9.17, 15) is 9.59 Å². The summed E-state index contributed by atoms with van der Waals surface area (Å²) < 4.78 is 3.35. The van der Waals surface area contributed by atoms with E-state index in [1.807, 2.05) is 73.1 Å². The summed E-state index contributed by atoms with van der Waals surface area (Å²) in [5.74, 6) is 0.00668. The number of carbonyl (C=O) groups excluding carboxylic acids is 1. The van der Waals surface area contributed by atoms with Gasteiger partial charge in [0, 0.05) is 28.4 Å². The number of likely N-dealkylation sites (N-methyl/N-ethyl adjacent to an activating group) is 1. The highest BCUT2D eigenvalue weighted by Crippen LogP contribution is 2.25. The minimum atomic E-state index is -0.479. The molecule has 152 valence electrons. The van der Waals surface area contributed by atoms with Crippen molar-refractivity contribution in [1.82, 2.24) is 14.6 Å². The fourth-order valence-corrected chi connectivity index (χ4v) is 4.73. The molecule has 0 saturated carbocycles. The zero-order valence-corrected chi connectivity index (χ0v) is 18.0. The normalized spacial score (nSPS) is 12.0. The second-order valence-corrected chi connectivity index (χ2v) is 8.85. The van der Waals surface area contributed by atoms with Gasteiger partial charge in [-0.3, -0.25) is 9.59 Å². The van der Waals surface area contributed by atoms with Crippen LogP contribution in [0, 0.1) is 0 Å². The van der Waals surface area contributed by atoms with E-state index in [1.165, 1.54) is 18.0 Å². The zero-order valence-electron chi connectivity index (χ0n) is 16.4. The molecule has 0 unspecified atom stereocenters. The number of benzene rings is 2. The molecule has 0 aliphatic rings. The molecule has 0 aliphatic heterocycles. The van der Waals surface area contributed by atoms with Gasteiger partial charge in [-0.15, -0.1) is 11.3 Å². The third-order valence-electron chi connectivity index (χ3n) is 4.72. The van der Waals surface area contributed by atoms with Gasteiger partial charge in [0.1, 0.15) is 6.04 Å². The number of nitrogens with zero attached hydrogens (tertiary/aromatic N) is 1. The van der Waals surface area contributed by atoms with Gasteiger partial charge in [-0.25, -0.2) is 4.72 Å². The molecule has 1 atom stereocenters. The Labute approximate surface area is 182 Å². The van der Waals surface area contributed by atoms with E-state index in [0.29, 0.717) is 6.54 Å². The Kier molecular flexibility index (Phi) is 6.32. The number of fused-ring (bicyclic) bond motifs is 1. The Bertz CT molecular complexity index is 1190. The van der Waals surface area contributed by atoms with Crippen molar-refractivity contribution in [3.05, 3.63) is 99.0 Å². The average Bonchev–Trinajstić information content (AvgIpc) is 3.27. The lowest BCUT2D eigenvalue weighted by molar-refractivity contribution is -0.132. The Balaban J connectivity index is 1.53. The number of thiophene rings is 1. The second kappa shape index (κ2) is 9.30. The molecule has 4 aromatic rings. The van der Waals surface area contributed by atoms with Crippen LogP contribution in [0.2, 0.25) is 0 Å². The van der Waals surface area contributed by atoms with Crippen LogP contribution in [-0.4, -0.2) is 22.8 Å². The van der Waals surface area contributed by atoms with Gasteiger partial charge in [0.15, 0.2) is 0 Å². The van der Waals surface area contributed by atoms with E-state index in [2.05, 4.69) is 9.71 Å². The molecule has 2 aromatic heterocycles. The Hall–Kier alpha value is -2.87. The van der Waals surface area contributed by atoms with E-state index >= 15 is 0 Å². The van der Waals surface area contributed by atoms with E-state index in [0.717, 1.165) is 26.2 Å². The SMILES string of the molecule is CN(Cc1cccs1)C(=O)[C@H](NSc1ccc2[nH]c(=O)ccc2c1)c1ccccc1. The molecule has 0 bridgehead atoms. The highest BCUT2D eigenvalue weighted by atomic mass is 32.2. The molecule has 2 aromatic carbocycles. The lowest BCUT2D eigenvalue weighted by Crippen LogP contribution is -2.36. The molecule has 5 nitrogen and oxygen atoms in total. The molecule has 0 aliphatic carbocycles. The van der Waals surface area contributed by atoms with E-state index < -0.39 is 6.04 Å². The van der Waals surface area contributed by atoms with Crippen LogP contribution in [0.5, 0.6) is 0 Å². The van der Waals surface area contributed by atoms with Crippen molar-refractivity contribution < 1.29 is 4.79 Å². The van der Waals surface area contributed by atoms with E-state index in [1.54, 1.807) is 22.3 Å². The predicted molar refractivity (Wildman–Crippen MR) is 124 cm³/mol. The topological polar surface area (TPSA) is 65.2 Å². The standard InChI is InChI=1S/C23H21N3O2S2/c1-26(15-19-8-5-13-29-19)23(28)22(16-6-3-2-4-7-16)25-30-18-10-11-20-17(14-18)9-12-21(27)24-20/h2-14,22,25H,15H2,1H3,(H,24,27)/t22-/m1/s1. The maximum absolute atomic E-state index is 13.3. The van der Waals surface area contributed by atoms with Crippen LogP contribution in [0.25, 0.3) is 10.9 Å². The number of hydrogen-bond acceptors (Lipinski definition) is 5. The number of nitrogens with one attached hydrogen (secondary N) is 2. The summed E-state index contributed by atoms with van der Waals surface area (Å²) in [6, 6.07) is 22.4. The third-order valence-corrected chi connectivity index (χ3v) is 6.42. The molecule has 0 spiro atoms. The van der Waals surface area contributed by atoms with Crippen molar-refractivity contribution in [2.45, 2.75) is 17.5 Å². The second-order valence-electron chi connectivity index (χ2n) is 6.91. The van der Waals surface area contributed by atoms with Gasteiger partial charge in [0.25, 0.3) is 0 Å². The first-order valence-corrected chi connectivity index (χ1v) is 11.2. The van der Waals surface area contributed by atoms with Crippen molar-refractivity contribution in [2.75, 3.05) is 7.05 Å². The molecule has 0 saturated heterocycles. The van der Waals surface area contributed by atoms with Gasteiger partial charge in [0.2, 0.25) is 11.5 Å². The fraction of sp³-hybridized carbons (Fsp3) is 0.130. The smallest absolute Gasteiger partial charge is 0.248 e. The predicted octanol–water partition coefficient (Wildman–Crippen LogP) is 4.59. The first-order chi connectivity index (χ1) is 14.6. The first kappa shape index (κ1) is 20.4. The van der Waals surface area contributed by atoms with Gasteiger partial charge in [0.05, 0.1) is 6.54 Å². The summed E-state index contributed by atoms with van der Waals surface area (Å²) in [4.78, 5) is 31.4. The quantitative estimate of drug-likeness (QED) is 0.417. The maximum Gasteiger partial charge on any atom is 0.248 e. The lowest BCUT2D eigenvalue weighted by atomic mass is 10.1. The maximum atomic E-state index is 13.3. The highest BCUT2D eigenvalue weighted by molar-refractivity contribution is 7.97. The van der Waals surface area contributed by atoms with Crippen molar-refractivity contribution in [3.8, 4) is 0 Å². The molecular weight excluding hydrogens is 414 g/mol. The average molecular weight is 436 g/mol. The van der Waals surface area contributed by atoms with Gasteiger partial charge < -0.3 is 9.88 Å². The molecule has 0 fully saturated rings. The van der Waals surface area contributed by atoms with Crippen LogP contribution in [0.3, 0.4) is 0 Å². The molecular formula is C23H21N3O2S2. The highest BCUT2D eigenvalue weighted by Gasteiger charge is 2.24. The monoisotopic (exact) mass is 435 g/mol. The minimum Gasteiger partial charge on any atom is -0.339 e. The first-order valence-electron chi connectivity index (χ1n) is 9.48. The number of aromatic amines is 1. The molecule has 2 heterocycles. The van der Waals surface area contributed by atoms with Crippen molar-refractivity contribution in [3.63, 3.8) is 0 Å². The Morgan fingerprint density at radius 2 is 1.93 bits per heavy atom. The number of pyridine rings is 1. The van der Waals surface area contributed by atoms with Crippen LogP contribution in [0.1, 0.15) is 16.5 Å². The van der Waals surface area contributed by atoms with Gasteiger partial charge in [-0.1, -0.05) is 36.4 Å². The fourth-order valence-electron chi connectivity index (χ4n) is 3.16. The summed E-state index contributed by atoms with van der Waals surface area (Å²) in [7, 11) is 1.83. The summed E-state index contributed by atoms with van der Waals surface area (Å²) >= 11 is 3.05. The van der Waals surface area contributed by atoms with Crippen molar-refractivity contribution in [1.29, 1.82) is 0 Å². The lowest BCUT2D eigenvalue weighted by Gasteiger charge is -2.24. The summed E-state index contributed by atoms with van der Waals surface area (Å²) in [6.07, 6.45) is 0. The number of carbonyl (C=O) groups is 1. The van der Waals surface area contributed by atoms with Crippen LogP contribution in [0.4, 0.5) is 0 Å². The molecule has 4 rings (SSSR count). The molecule has 2 N–H and O–H groups in total. The van der Waals surface area contributed by atoms with Crippen LogP contribution in [0.15, 0.2) is 87.9 Å². The van der Waals surface area contributed by atoms with Crippen LogP contribution in [-0.2, 0) is 11.3 Å². The summed E-state index contributed by atoms with van der Waals surface area (Å²) in [5, 5.41) is 2.96.